The summed E-state index contributed by atoms with van der Waals surface area (Å²) in [5.41, 5.74) is 1.81. The maximum absolute atomic E-state index is 13.2. The van der Waals surface area contributed by atoms with Gasteiger partial charge in [-0.15, -0.1) is 0 Å². The highest BCUT2D eigenvalue weighted by Crippen LogP contribution is 2.35. The third-order valence-corrected chi connectivity index (χ3v) is 6.11. The first-order valence-electron chi connectivity index (χ1n) is 6.63. The lowest BCUT2D eigenvalue weighted by atomic mass is 9.98. The van der Waals surface area contributed by atoms with E-state index in [9.17, 15) is 12.8 Å². The third kappa shape index (κ3) is 2.54. The van der Waals surface area contributed by atoms with Crippen LogP contribution in [0.2, 0.25) is 0 Å². The molecule has 1 N–H and O–H groups in total. The van der Waals surface area contributed by atoms with Gasteiger partial charge in [0.25, 0.3) is 0 Å². The van der Waals surface area contributed by atoms with Crippen LogP contribution in [0.5, 0.6) is 0 Å². The van der Waals surface area contributed by atoms with Crippen molar-refractivity contribution in [3.05, 3.63) is 35.1 Å². The van der Waals surface area contributed by atoms with Gasteiger partial charge in [-0.3, -0.25) is 0 Å². The second kappa shape index (κ2) is 4.28. The minimum absolute atomic E-state index is 0.147. The van der Waals surface area contributed by atoms with Gasteiger partial charge >= 0.3 is 0 Å². The smallest absolute Gasteiger partial charge is 0.152 e. The largest absolute Gasteiger partial charge is 0.304 e. The number of aryl methyl sites for hydroxylation is 1. The Balaban J connectivity index is 1.80. The number of nitrogens with one attached hydrogen (secondary N) is 1. The lowest BCUT2D eigenvalue weighted by Crippen LogP contribution is -2.44. The molecular formula is C14H18FNO2S. The third-order valence-electron chi connectivity index (χ3n) is 4.21. The summed E-state index contributed by atoms with van der Waals surface area (Å²) in [5.74, 6) is 0.265. The van der Waals surface area contributed by atoms with Crippen molar-refractivity contribution >= 4 is 9.84 Å². The minimum Gasteiger partial charge on any atom is -0.304 e. The molecule has 2 unspecified atom stereocenters. The van der Waals surface area contributed by atoms with E-state index in [1.807, 2.05) is 13.0 Å². The highest BCUT2D eigenvalue weighted by atomic mass is 32.2. The molecule has 5 heteroatoms. The van der Waals surface area contributed by atoms with E-state index in [4.69, 9.17) is 0 Å². The van der Waals surface area contributed by atoms with Crippen molar-refractivity contribution in [3.63, 3.8) is 0 Å². The molecule has 3 nitrogen and oxygen atoms in total. The summed E-state index contributed by atoms with van der Waals surface area (Å²) in [5, 5.41) is 3.48. The molecule has 2 aliphatic rings. The van der Waals surface area contributed by atoms with Gasteiger partial charge in [0.2, 0.25) is 0 Å². The van der Waals surface area contributed by atoms with Crippen LogP contribution in [0.15, 0.2) is 18.2 Å². The van der Waals surface area contributed by atoms with E-state index in [-0.39, 0.29) is 28.9 Å². The Morgan fingerprint density at radius 2 is 2.21 bits per heavy atom. The maximum atomic E-state index is 13.2. The molecule has 19 heavy (non-hydrogen) atoms. The van der Waals surface area contributed by atoms with Crippen LogP contribution in [0.3, 0.4) is 0 Å². The van der Waals surface area contributed by atoms with Crippen LogP contribution in [0.25, 0.3) is 0 Å². The molecule has 2 atom stereocenters. The molecule has 0 radical (unpaired) electrons. The van der Waals surface area contributed by atoms with Crippen LogP contribution in [0.4, 0.5) is 4.39 Å². The van der Waals surface area contributed by atoms with Gasteiger partial charge in [0.05, 0.1) is 11.5 Å². The van der Waals surface area contributed by atoms with E-state index >= 15 is 0 Å². The van der Waals surface area contributed by atoms with Crippen LogP contribution < -0.4 is 5.32 Å². The SMILES string of the molecule is CC1(NC2CCc3cc(F)ccc32)CCS(=O)(=O)C1. The number of rotatable bonds is 2. The van der Waals surface area contributed by atoms with Crippen molar-refractivity contribution in [2.75, 3.05) is 11.5 Å². The maximum Gasteiger partial charge on any atom is 0.152 e. The van der Waals surface area contributed by atoms with E-state index in [2.05, 4.69) is 5.32 Å². The summed E-state index contributed by atoms with van der Waals surface area (Å²) in [7, 11) is -2.90. The summed E-state index contributed by atoms with van der Waals surface area (Å²) in [4.78, 5) is 0. The molecule has 0 aromatic heterocycles. The lowest BCUT2D eigenvalue weighted by molar-refractivity contribution is 0.341. The van der Waals surface area contributed by atoms with Crippen molar-refractivity contribution in [1.29, 1.82) is 0 Å². The van der Waals surface area contributed by atoms with E-state index < -0.39 is 9.84 Å². The second-order valence-corrected chi connectivity index (χ2v) is 8.17. The Kier molecular flexibility index (Phi) is 2.94. The molecule has 104 valence electrons. The minimum atomic E-state index is -2.90. The number of fused-ring (bicyclic) bond motifs is 1. The molecule has 0 bridgehead atoms. The molecule has 1 saturated heterocycles. The van der Waals surface area contributed by atoms with E-state index in [0.717, 1.165) is 24.0 Å². The number of hydrogen-bond donors (Lipinski definition) is 1. The first-order chi connectivity index (χ1) is 8.87. The molecular weight excluding hydrogens is 265 g/mol. The van der Waals surface area contributed by atoms with Gasteiger partial charge in [0.1, 0.15) is 5.82 Å². The van der Waals surface area contributed by atoms with Crippen molar-refractivity contribution in [2.45, 2.75) is 37.8 Å². The Bertz CT molecular complexity index is 614. The van der Waals surface area contributed by atoms with Crippen LogP contribution in [0.1, 0.15) is 36.9 Å². The molecule has 1 aromatic carbocycles. The van der Waals surface area contributed by atoms with Gasteiger partial charge in [0, 0.05) is 11.6 Å². The average Bonchev–Trinajstić information content (AvgIpc) is 2.80. The molecule has 1 heterocycles. The summed E-state index contributed by atoms with van der Waals surface area (Å²) >= 11 is 0. The Hall–Kier alpha value is -0.940. The van der Waals surface area contributed by atoms with Crippen molar-refractivity contribution in [3.8, 4) is 0 Å². The topological polar surface area (TPSA) is 46.2 Å². The van der Waals surface area contributed by atoms with Gasteiger partial charge < -0.3 is 5.32 Å². The normalized spacial score (nSPS) is 32.4. The summed E-state index contributed by atoms with van der Waals surface area (Å²) < 4.78 is 36.4. The standard InChI is InChI=1S/C14H18FNO2S/c1-14(6-7-19(17,18)9-14)16-13-5-2-10-8-11(15)3-4-12(10)13/h3-4,8,13,16H,2,5-7,9H2,1H3. The van der Waals surface area contributed by atoms with Crippen molar-refractivity contribution in [1.82, 2.24) is 5.32 Å². The monoisotopic (exact) mass is 283 g/mol. The quantitative estimate of drug-likeness (QED) is 0.903. The fraction of sp³-hybridized carbons (Fsp3) is 0.571. The summed E-state index contributed by atoms with van der Waals surface area (Å²) in [6, 6.07) is 5.04. The highest BCUT2D eigenvalue weighted by Gasteiger charge is 2.40. The van der Waals surface area contributed by atoms with E-state index in [0.29, 0.717) is 6.42 Å². The Morgan fingerprint density at radius 3 is 2.89 bits per heavy atom. The second-order valence-electron chi connectivity index (χ2n) is 5.98. The average molecular weight is 283 g/mol. The fourth-order valence-corrected chi connectivity index (χ4v) is 5.39. The lowest BCUT2D eigenvalue weighted by Gasteiger charge is -2.29. The first-order valence-corrected chi connectivity index (χ1v) is 8.46. The molecule has 1 aromatic rings. The van der Waals surface area contributed by atoms with Gasteiger partial charge in [-0.2, -0.15) is 0 Å². The fourth-order valence-electron chi connectivity index (χ4n) is 3.28. The Morgan fingerprint density at radius 1 is 1.42 bits per heavy atom. The van der Waals surface area contributed by atoms with Gasteiger partial charge in [-0.05, 0) is 49.4 Å². The van der Waals surface area contributed by atoms with Crippen LogP contribution in [0, 0.1) is 5.82 Å². The van der Waals surface area contributed by atoms with Crippen LogP contribution >= 0.6 is 0 Å². The number of hydrogen-bond acceptors (Lipinski definition) is 3. The molecule has 0 amide bonds. The number of benzene rings is 1. The zero-order valence-corrected chi connectivity index (χ0v) is 11.8. The van der Waals surface area contributed by atoms with Gasteiger partial charge in [-0.25, -0.2) is 12.8 Å². The molecule has 1 fully saturated rings. The first kappa shape index (κ1) is 13.1. The predicted molar refractivity (Wildman–Crippen MR) is 72.3 cm³/mol. The van der Waals surface area contributed by atoms with Crippen molar-refractivity contribution < 1.29 is 12.8 Å². The van der Waals surface area contributed by atoms with Crippen LogP contribution in [-0.4, -0.2) is 25.5 Å². The molecule has 0 spiro atoms. The van der Waals surface area contributed by atoms with Crippen LogP contribution in [-0.2, 0) is 16.3 Å². The molecule has 1 aliphatic heterocycles. The zero-order chi connectivity index (χ0) is 13.7. The predicted octanol–water partition coefficient (Wildman–Crippen LogP) is 1.98. The molecule has 1 aliphatic carbocycles. The summed E-state index contributed by atoms with van der Waals surface area (Å²) in [6.45, 7) is 1.97. The highest BCUT2D eigenvalue weighted by molar-refractivity contribution is 7.91. The van der Waals surface area contributed by atoms with E-state index in [1.165, 1.54) is 6.07 Å². The molecule has 3 rings (SSSR count). The molecule has 0 saturated carbocycles. The number of sulfone groups is 1. The van der Waals surface area contributed by atoms with E-state index in [1.54, 1.807) is 6.07 Å². The summed E-state index contributed by atoms with van der Waals surface area (Å²) in [6.07, 6.45) is 2.42. The zero-order valence-electron chi connectivity index (χ0n) is 10.9. The number of halogens is 1. The van der Waals surface area contributed by atoms with Gasteiger partial charge in [-0.1, -0.05) is 6.07 Å². The van der Waals surface area contributed by atoms with Gasteiger partial charge in [0.15, 0.2) is 9.84 Å². The van der Waals surface area contributed by atoms with Crippen molar-refractivity contribution in [2.24, 2.45) is 0 Å². The Labute approximate surface area is 113 Å².